The van der Waals surface area contributed by atoms with E-state index in [-0.39, 0.29) is 18.5 Å². The third-order valence-corrected chi connectivity index (χ3v) is 4.13. The van der Waals surface area contributed by atoms with Gasteiger partial charge in [0.05, 0.1) is 12.6 Å². The van der Waals surface area contributed by atoms with Crippen molar-refractivity contribution in [2.75, 3.05) is 19.6 Å². The Hall–Kier alpha value is -2.20. The van der Waals surface area contributed by atoms with E-state index in [2.05, 4.69) is 21.3 Å². The van der Waals surface area contributed by atoms with Crippen LogP contribution in [0.5, 0.6) is 0 Å². The topological polar surface area (TPSA) is 163 Å². The van der Waals surface area contributed by atoms with Crippen molar-refractivity contribution in [3.8, 4) is 0 Å². The van der Waals surface area contributed by atoms with Crippen molar-refractivity contribution in [3.05, 3.63) is 0 Å². The van der Waals surface area contributed by atoms with Crippen LogP contribution in [0.3, 0.4) is 0 Å². The minimum Gasteiger partial charge on any atom is -0.480 e. The molecule has 0 saturated carbocycles. The molecule has 1 aliphatic rings. The maximum Gasteiger partial charge on any atom is 0.325 e. The molecule has 0 aliphatic carbocycles. The average Bonchev–Trinajstić information content (AvgIpc) is 3.13. The molecule has 3 amide bonds. The number of hydrogen-bond acceptors (Lipinski definition) is 6. The fraction of sp³-hybridized carbons (Fsp3) is 0.750. The highest BCUT2D eigenvalue weighted by molar-refractivity contribution is 5.92. The Morgan fingerprint density at radius 2 is 1.96 bits per heavy atom. The molecule has 10 nitrogen and oxygen atoms in total. The summed E-state index contributed by atoms with van der Waals surface area (Å²) >= 11 is 0. The van der Waals surface area contributed by atoms with Gasteiger partial charge in [-0.3, -0.25) is 19.2 Å². The van der Waals surface area contributed by atoms with Gasteiger partial charge in [0.2, 0.25) is 17.7 Å². The highest BCUT2D eigenvalue weighted by Gasteiger charge is 2.27. The zero-order valence-corrected chi connectivity index (χ0v) is 15.0. The van der Waals surface area contributed by atoms with Crippen LogP contribution >= 0.6 is 0 Å². The second-order valence-corrected chi connectivity index (χ2v) is 6.34. The van der Waals surface area contributed by atoms with Gasteiger partial charge in [0, 0.05) is 0 Å². The van der Waals surface area contributed by atoms with Crippen LogP contribution in [0.25, 0.3) is 0 Å². The third-order valence-electron chi connectivity index (χ3n) is 4.13. The molecular formula is C16H29N5O5. The van der Waals surface area contributed by atoms with Gasteiger partial charge in [-0.05, 0) is 52.1 Å². The predicted octanol–water partition coefficient (Wildman–Crippen LogP) is -1.94. The lowest BCUT2D eigenvalue weighted by Gasteiger charge is -2.20. The Morgan fingerprint density at radius 3 is 2.54 bits per heavy atom. The summed E-state index contributed by atoms with van der Waals surface area (Å²) < 4.78 is 0. The number of rotatable bonds is 11. The first-order valence-electron chi connectivity index (χ1n) is 8.88. The van der Waals surface area contributed by atoms with Crippen molar-refractivity contribution in [1.29, 1.82) is 0 Å². The smallest absolute Gasteiger partial charge is 0.325 e. The van der Waals surface area contributed by atoms with Crippen molar-refractivity contribution < 1.29 is 24.3 Å². The molecule has 148 valence electrons. The molecular weight excluding hydrogens is 342 g/mol. The van der Waals surface area contributed by atoms with Gasteiger partial charge in [0.1, 0.15) is 12.1 Å². The van der Waals surface area contributed by atoms with E-state index in [9.17, 15) is 19.2 Å². The second-order valence-electron chi connectivity index (χ2n) is 6.34. The highest BCUT2D eigenvalue weighted by Crippen LogP contribution is 2.07. The monoisotopic (exact) mass is 371 g/mol. The quantitative estimate of drug-likeness (QED) is 0.230. The van der Waals surface area contributed by atoms with Crippen LogP contribution in [0.2, 0.25) is 0 Å². The van der Waals surface area contributed by atoms with E-state index in [1.165, 1.54) is 6.92 Å². The fourth-order valence-electron chi connectivity index (χ4n) is 2.59. The summed E-state index contributed by atoms with van der Waals surface area (Å²) in [7, 11) is 0. The van der Waals surface area contributed by atoms with Gasteiger partial charge in [-0.25, -0.2) is 0 Å². The van der Waals surface area contributed by atoms with E-state index in [4.69, 9.17) is 10.8 Å². The first kappa shape index (κ1) is 21.8. The fourth-order valence-corrected chi connectivity index (χ4v) is 2.59. The maximum atomic E-state index is 12.3. The molecule has 1 heterocycles. The summed E-state index contributed by atoms with van der Waals surface area (Å²) in [6.45, 7) is 2.22. The summed E-state index contributed by atoms with van der Waals surface area (Å²) in [5.41, 5.74) is 5.46. The van der Waals surface area contributed by atoms with E-state index >= 15 is 0 Å². The zero-order chi connectivity index (χ0) is 19.5. The van der Waals surface area contributed by atoms with E-state index in [0.29, 0.717) is 19.4 Å². The Morgan fingerprint density at radius 1 is 1.23 bits per heavy atom. The minimum absolute atomic E-state index is 0.237. The lowest BCUT2D eigenvalue weighted by molar-refractivity contribution is -0.141. The number of carbonyl (C=O) groups excluding carboxylic acids is 3. The van der Waals surface area contributed by atoms with E-state index in [1.54, 1.807) is 0 Å². The van der Waals surface area contributed by atoms with Crippen LogP contribution in [0.1, 0.15) is 39.0 Å². The summed E-state index contributed by atoms with van der Waals surface area (Å²) in [5, 5.41) is 19.2. The van der Waals surface area contributed by atoms with Gasteiger partial charge in [-0.2, -0.15) is 0 Å². The molecule has 10 heteroatoms. The van der Waals surface area contributed by atoms with Gasteiger partial charge < -0.3 is 32.1 Å². The first-order valence-corrected chi connectivity index (χ1v) is 8.88. The number of carbonyl (C=O) groups is 4. The molecule has 0 aromatic carbocycles. The maximum absolute atomic E-state index is 12.3. The number of amides is 3. The standard InChI is InChI=1S/C16H29N5O5/c1-10(16(25)26)20-13(22)9-19-14(23)12(5-2-3-7-17)21-15(24)11-6-4-8-18-11/h10-12,18H,2-9,17H2,1H3,(H,19,23)(H,20,22)(H,21,24)(H,25,26). The van der Waals surface area contributed by atoms with Crippen molar-refractivity contribution in [2.24, 2.45) is 5.73 Å². The largest absolute Gasteiger partial charge is 0.480 e. The minimum atomic E-state index is -1.17. The second kappa shape index (κ2) is 11.4. The number of aliphatic carboxylic acids is 1. The van der Waals surface area contributed by atoms with Crippen molar-refractivity contribution in [2.45, 2.75) is 57.2 Å². The van der Waals surface area contributed by atoms with Crippen LogP contribution < -0.4 is 27.0 Å². The molecule has 3 atom stereocenters. The lowest BCUT2D eigenvalue weighted by Crippen LogP contribution is -2.53. The van der Waals surface area contributed by atoms with Crippen molar-refractivity contribution in [1.82, 2.24) is 21.3 Å². The van der Waals surface area contributed by atoms with Gasteiger partial charge in [0.25, 0.3) is 0 Å². The van der Waals surface area contributed by atoms with E-state index in [1.807, 2.05) is 0 Å². The molecule has 26 heavy (non-hydrogen) atoms. The van der Waals surface area contributed by atoms with Gasteiger partial charge >= 0.3 is 5.97 Å². The number of nitrogens with two attached hydrogens (primary N) is 1. The average molecular weight is 371 g/mol. The summed E-state index contributed by atoms with van der Waals surface area (Å²) in [4.78, 5) is 46.9. The molecule has 0 aromatic rings. The van der Waals surface area contributed by atoms with Gasteiger partial charge in [0.15, 0.2) is 0 Å². The number of hydrogen-bond donors (Lipinski definition) is 6. The Balaban J connectivity index is 2.52. The number of carboxylic acids is 1. The molecule has 0 bridgehead atoms. The van der Waals surface area contributed by atoms with Crippen LogP contribution in [0.15, 0.2) is 0 Å². The van der Waals surface area contributed by atoms with Crippen molar-refractivity contribution in [3.63, 3.8) is 0 Å². The number of carboxylic acid groups (broad SMARTS) is 1. The third kappa shape index (κ3) is 7.79. The van der Waals surface area contributed by atoms with Crippen LogP contribution in [-0.4, -0.2) is 66.6 Å². The SMILES string of the molecule is CC(NC(=O)CNC(=O)C(CCCCN)NC(=O)C1CCCN1)C(=O)O. The molecule has 0 spiro atoms. The van der Waals surface area contributed by atoms with Gasteiger partial charge in [-0.1, -0.05) is 0 Å². The Labute approximate surface area is 152 Å². The summed E-state index contributed by atoms with van der Waals surface area (Å²) in [5.74, 6) is -2.50. The highest BCUT2D eigenvalue weighted by atomic mass is 16.4. The lowest BCUT2D eigenvalue weighted by atomic mass is 10.1. The Kier molecular flexibility index (Phi) is 9.60. The first-order chi connectivity index (χ1) is 12.3. The number of unbranched alkanes of at least 4 members (excludes halogenated alkanes) is 1. The molecule has 3 unspecified atom stereocenters. The molecule has 0 aromatic heterocycles. The van der Waals surface area contributed by atoms with E-state index in [0.717, 1.165) is 25.8 Å². The Bertz CT molecular complexity index is 507. The molecule has 1 fully saturated rings. The molecule has 1 saturated heterocycles. The molecule has 1 rings (SSSR count). The molecule has 7 N–H and O–H groups in total. The van der Waals surface area contributed by atoms with Crippen LogP contribution in [0.4, 0.5) is 0 Å². The van der Waals surface area contributed by atoms with Crippen LogP contribution in [-0.2, 0) is 19.2 Å². The summed E-state index contributed by atoms with van der Waals surface area (Å²) in [6.07, 6.45) is 3.42. The van der Waals surface area contributed by atoms with E-state index < -0.39 is 29.9 Å². The zero-order valence-electron chi connectivity index (χ0n) is 15.0. The van der Waals surface area contributed by atoms with Crippen LogP contribution in [0, 0.1) is 0 Å². The van der Waals surface area contributed by atoms with Gasteiger partial charge in [-0.15, -0.1) is 0 Å². The predicted molar refractivity (Wildman–Crippen MR) is 94.1 cm³/mol. The molecule has 1 aliphatic heterocycles. The number of nitrogens with one attached hydrogen (secondary N) is 4. The summed E-state index contributed by atoms with van der Waals surface area (Å²) in [6, 6.07) is -2.12. The molecule has 0 radical (unpaired) electrons. The van der Waals surface area contributed by atoms with Crippen molar-refractivity contribution >= 4 is 23.7 Å². The normalized spacial score (nSPS) is 18.6.